The number of nitrogens with one attached hydrogen (secondary N) is 2. The van der Waals surface area contributed by atoms with E-state index >= 15 is 0 Å². The highest BCUT2D eigenvalue weighted by atomic mass is 16.1. The summed E-state index contributed by atoms with van der Waals surface area (Å²) < 4.78 is 0. The Labute approximate surface area is 95.0 Å². The fraction of sp³-hybridized carbons (Fsp3) is 0.545. The standard InChI is InChI=1S/C11H18N4O/c1-15(9-2-3-9)5-4-13-11(16)10-6-8(12)7-14-10/h6-7,9,14H,2-5,12H2,1H3,(H,13,16). The van der Waals surface area contributed by atoms with Gasteiger partial charge in [-0.3, -0.25) is 4.79 Å². The van der Waals surface area contributed by atoms with Crippen molar-refractivity contribution >= 4 is 11.6 Å². The molecular weight excluding hydrogens is 204 g/mol. The van der Waals surface area contributed by atoms with E-state index in [1.54, 1.807) is 12.3 Å². The molecule has 1 aromatic heterocycles. The maximum absolute atomic E-state index is 11.6. The van der Waals surface area contributed by atoms with Crippen LogP contribution in [0.25, 0.3) is 0 Å². The maximum atomic E-state index is 11.6. The smallest absolute Gasteiger partial charge is 0.267 e. The van der Waals surface area contributed by atoms with Gasteiger partial charge in [-0.2, -0.15) is 0 Å². The first kappa shape index (κ1) is 11.0. The number of aromatic amines is 1. The van der Waals surface area contributed by atoms with Gasteiger partial charge in [-0.1, -0.05) is 0 Å². The van der Waals surface area contributed by atoms with Crippen LogP contribution in [0, 0.1) is 0 Å². The Balaban J connectivity index is 1.71. The second kappa shape index (κ2) is 4.57. The minimum Gasteiger partial charge on any atom is -0.397 e. The second-order valence-corrected chi connectivity index (χ2v) is 4.31. The summed E-state index contributed by atoms with van der Waals surface area (Å²) in [5.41, 5.74) is 6.63. The summed E-state index contributed by atoms with van der Waals surface area (Å²) in [6.07, 6.45) is 4.19. The number of likely N-dealkylation sites (N-methyl/N-ethyl adjacent to an activating group) is 1. The van der Waals surface area contributed by atoms with Gasteiger partial charge < -0.3 is 20.9 Å². The summed E-state index contributed by atoms with van der Waals surface area (Å²) in [5, 5.41) is 2.86. The van der Waals surface area contributed by atoms with Crippen molar-refractivity contribution in [3.05, 3.63) is 18.0 Å². The minimum atomic E-state index is -0.0964. The molecule has 0 aliphatic heterocycles. The van der Waals surface area contributed by atoms with Crippen LogP contribution >= 0.6 is 0 Å². The molecule has 1 heterocycles. The molecule has 1 aromatic rings. The van der Waals surface area contributed by atoms with Crippen molar-refractivity contribution in [1.82, 2.24) is 15.2 Å². The summed E-state index contributed by atoms with van der Waals surface area (Å²) >= 11 is 0. The van der Waals surface area contributed by atoms with Gasteiger partial charge in [0, 0.05) is 31.0 Å². The highest BCUT2D eigenvalue weighted by Gasteiger charge is 2.25. The topological polar surface area (TPSA) is 74.2 Å². The van der Waals surface area contributed by atoms with Crippen LogP contribution in [0.1, 0.15) is 23.3 Å². The lowest BCUT2D eigenvalue weighted by Crippen LogP contribution is -2.34. The van der Waals surface area contributed by atoms with E-state index in [0.29, 0.717) is 17.9 Å². The van der Waals surface area contributed by atoms with E-state index in [4.69, 9.17) is 5.73 Å². The predicted octanol–water partition coefficient (Wildman–Crippen LogP) is 0.421. The van der Waals surface area contributed by atoms with E-state index < -0.39 is 0 Å². The lowest BCUT2D eigenvalue weighted by molar-refractivity contribution is 0.0945. The average molecular weight is 222 g/mol. The number of carbonyl (C=O) groups is 1. The Morgan fingerprint density at radius 2 is 2.44 bits per heavy atom. The summed E-state index contributed by atoms with van der Waals surface area (Å²) in [6.45, 7) is 1.57. The maximum Gasteiger partial charge on any atom is 0.267 e. The SMILES string of the molecule is CN(CCNC(=O)c1cc(N)c[nH]1)C1CC1. The van der Waals surface area contributed by atoms with Crippen molar-refractivity contribution in [3.8, 4) is 0 Å². The van der Waals surface area contributed by atoms with Crippen molar-refractivity contribution in [2.24, 2.45) is 0 Å². The molecule has 1 fully saturated rings. The Morgan fingerprint density at radius 1 is 1.69 bits per heavy atom. The molecule has 0 bridgehead atoms. The highest BCUT2D eigenvalue weighted by molar-refractivity contribution is 5.93. The number of H-pyrrole nitrogens is 1. The molecule has 0 atom stereocenters. The van der Waals surface area contributed by atoms with Crippen molar-refractivity contribution in [2.75, 3.05) is 25.9 Å². The first-order chi connectivity index (χ1) is 7.66. The first-order valence-corrected chi connectivity index (χ1v) is 5.59. The molecule has 0 saturated heterocycles. The van der Waals surface area contributed by atoms with Gasteiger partial charge in [-0.15, -0.1) is 0 Å². The molecule has 0 radical (unpaired) electrons. The van der Waals surface area contributed by atoms with Crippen LogP contribution in [0.15, 0.2) is 12.3 Å². The van der Waals surface area contributed by atoms with Crippen LogP contribution in [-0.2, 0) is 0 Å². The molecule has 5 nitrogen and oxygen atoms in total. The van der Waals surface area contributed by atoms with E-state index in [-0.39, 0.29) is 5.91 Å². The minimum absolute atomic E-state index is 0.0964. The number of anilines is 1. The van der Waals surface area contributed by atoms with Crippen molar-refractivity contribution < 1.29 is 4.79 Å². The van der Waals surface area contributed by atoms with E-state index in [2.05, 4.69) is 22.2 Å². The molecule has 16 heavy (non-hydrogen) atoms. The Morgan fingerprint density at radius 3 is 3.00 bits per heavy atom. The van der Waals surface area contributed by atoms with E-state index in [9.17, 15) is 4.79 Å². The van der Waals surface area contributed by atoms with Crippen LogP contribution in [-0.4, -0.2) is 42.0 Å². The molecule has 1 aliphatic carbocycles. The predicted molar refractivity (Wildman–Crippen MR) is 63.2 cm³/mol. The van der Waals surface area contributed by atoms with Crippen LogP contribution < -0.4 is 11.1 Å². The van der Waals surface area contributed by atoms with Crippen molar-refractivity contribution in [1.29, 1.82) is 0 Å². The molecule has 5 heteroatoms. The molecule has 4 N–H and O–H groups in total. The number of carbonyl (C=O) groups excluding carboxylic acids is 1. The van der Waals surface area contributed by atoms with Gasteiger partial charge in [0.1, 0.15) is 5.69 Å². The van der Waals surface area contributed by atoms with Gasteiger partial charge in [0.25, 0.3) is 5.91 Å². The van der Waals surface area contributed by atoms with Gasteiger partial charge in [-0.25, -0.2) is 0 Å². The van der Waals surface area contributed by atoms with E-state index in [0.717, 1.165) is 12.6 Å². The molecule has 0 spiro atoms. The fourth-order valence-electron chi connectivity index (χ4n) is 1.68. The zero-order valence-electron chi connectivity index (χ0n) is 9.49. The zero-order valence-corrected chi connectivity index (χ0v) is 9.49. The van der Waals surface area contributed by atoms with Crippen molar-refractivity contribution in [3.63, 3.8) is 0 Å². The lowest BCUT2D eigenvalue weighted by Gasteiger charge is -2.15. The zero-order chi connectivity index (χ0) is 11.5. The normalized spacial score (nSPS) is 15.4. The largest absolute Gasteiger partial charge is 0.397 e. The number of nitrogens with two attached hydrogens (primary N) is 1. The number of hydrogen-bond acceptors (Lipinski definition) is 3. The molecular formula is C11H18N4O. The number of nitrogen functional groups attached to an aromatic ring is 1. The van der Waals surface area contributed by atoms with Gasteiger partial charge in [0.15, 0.2) is 0 Å². The molecule has 1 aliphatic rings. The van der Waals surface area contributed by atoms with Gasteiger partial charge in [0.05, 0.1) is 0 Å². The molecule has 88 valence electrons. The number of nitrogens with zero attached hydrogens (tertiary/aromatic N) is 1. The summed E-state index contributed by atoms with van der Waals surface area (Å²) in [5.74, 6) is -0.0964. The summed E-state index contributed by atoms with van der Waals surface area (Å²) in [6, 6.07) is 2.37. The fourth-order valence-corrected chi connectivity index (χ4v) is 1.68. The highest BCUT2D eigenvalue weighted by Crippen LogP contribution is 2.24. The number of hydrogen-bond donors (Lipinski definition) is 3. The van der Waals surface area contributed by atoms with E-state index in [1.165, 1.54) is 12.8 Å². The van der Waals surface area contributed by atoms with Crippen LogP contribution in [0.5, 0.6) is 0 Å². The second-order valence-electron chi connectivity index (χ2n) is 4.31. The van der Waals surface area contributed by atoms with Crippen LogP contribution in [0.4, 0.5) is 5.69 Å². The Hall–Kier alpha value is -1.49. The number of amides is 1. The molecule has 1 amide bonds. The van der Waals surface area contributed by atoms with E-state index in [1.807, 2.05) is 0 Å². The molecule has 1 saturated carbocycles. The summed E-state index contributed by atoms with van der Waals surface area (Å²) in [7, 11) is 2.09. The lowest BCUT2D eigenvalue weighted by atomic mass is 10.4. The van der Waals surface area contributed by atoms with Crippen LogP contribution in [0.2, 0.25) is 0 Å². The molecule has 0 unspecified atom stereocenters. The number of rotatable bonds is 5. The number of aromatic nitrogens is 1. The quantitative estimate of drug-likeness (QED) is 0.676. The third-order valence-electron chi connectivity index (χ3n) is 2.87. The van der Waals surface area contributed by atoms with Crippen molar-refractivity contribution in [2.45, 2.75) is 18.9 Å². The van der Waals surface area contributed by atoms with Gasteiger partial charge in [-0.05, 0) is 26.0 Å². The third-order valence-corrected chi connectivity index (χ3v) is 2.87. The average Bonchev–Trinajstić information content (AvgIpc) is 3.01. The van der Waals surface area contributed by atoms with Crippen LogP contribution in [0.3, 0.4) is 0 Å². The Kier molecular flexibility index (Phi) is 3.14. The van der Waals surface area contributed by atoms with Gasteiger partial charge in [0.2, 0.25) is 0 Å². The monoisotopic (exact) mass is 222 g/mol. The third kappa shape index (κ3) is 2.76. The summed E-state index contributed by atoms with van der Waals surface area (Å²) in [4.78, 5) is 16.7. The van der Waals surface area contributed by atoms with Gasteiger partial charge >= 0.3 is 0 Å². The first-order valence-electron chi connectivity index (χ1n) is 5.59. The molecule has 0 aromatic carbocycles. The Bertz CT molecular complexity index is 370. The molecule has 2 rings (SSSR count).